The predicted molar refractivity (Wildman–Crippen MR) is 108 cm³/mol. The number of β-amino-alcohol motifs (C(OH)–C–C–N with tert-alkyl or cyclic N) is 1. The number of fused-ring (bicyclic) bond motifs is 1. The van der Waals surface area contributed by atoms with Gasteiger partial charge >= 0.3 is 0 Å². The molecule has 0 bridgehead atoms. The van der Waals surface area contributed by atoms with Gasteiger partial charge in [0.1, 0.15) is 17.1 Å². The number of benzene rings is 1. The van der Waals surface area contributed by atoms with Gasteiger partial charge in [-0.2, -0.15) is 0 Å². The van der Waals surface area contributed by atoms with Gasteiger partial charge in [0, 0.05) is 24.0 Å². The van der Waals surface area contributed by atoms with Crippen molar-refractivity contribution >= 4 is 34.3 Å². The normalized spacial score (nSPS) is 18.7. The van der Waals surface area contributed by atoms with Crippen molar-refractivity contribution in [3.05, 3.63) is 53.4 Å². The van der Waals surface area contributed by atoms with E-state index in [1.54, 1.807) is 24.3 Å². The molecule has 10 heteroatoms. The molecule has 3 heterocycles. The van der Waals surface area contributed by atoms with Crippen LogP contribution in [-0.2, 0) is 6.61 Å². The molecular formula is C20H21N5O5. The van der Waals surface area contributed by atoms with Gasteiger partial charge in [0.15, 0.2) is 5.76 Å². The monoisotopic (exact) mass is 411 g/mol. The van der Waals surface area contributed by atoms with Crippen LogP contribution in [0.15, 0.2) is 40.8 Å². The van der Waals surface area contributed by atoms with Crippen LogP contribution < -0.4 is 16.8 Å². The zero-order valence-corrected chi connectivity index (χ0v) is 15.9. The van der Waals surface area contributed by atoms with E-state index >= 15 is 0 Å². The first-order valence-electron chi connectivity index (χ1n) is 9.30. The quantitative estimate of drug-likeness (QED) is 0.403. The Hall–Kier alpha value is -3.63. The van der Waals surface area contributed by atoms with Gasteiger partial charge in [-0.15, -0.1) is 0 Å². The number of aliphatic hydroxyl groups excluding tert-OH is 2. The molecule has 156 valence electrons. The third-order valence-corrected chi connectivity index (χ3v) is 5.13. The first kappa shape index (κ1) is 19.7. The summed E-state index contributed by atoms with van der Waals surface area (Å²) in [4.78, 5) is 30.8. The fourth-order valence-electron chi connectivity index (χ4n) is 3.53. The summed E-state index contributed by atoms with van der Waals surface area (Å²) in [6, 6.07) is 9.21. The van der Waals surface area contributed by atoms with E-state index in [1.165, 1.54) is 17.0 Å². The van der Waals surface area contributed by atoms with Crippen molar-refractivity contribution in [1.29, 1.82) is 0 Å². The molecule has 1 fully saturated rings. The lowest BCUT2D eigenvalue weighted by molar-refractivity contribution is 0.0759. The molecule has 1 aromatic carbocycles. The topological polar surface area (TPSA) is 168 Å². The van der Waals surface area contributed by atoms with Crippen molar-refractivity contribution < 1.29 is 24.2 Å². The summed E-state index contributed by atoms with van der Waals surface area (Å²) < 4.78 is 5.60. The predicted octanol–water partition coefficient (Wildman–Crippen LogP) is 0.0998. The standard InChI is InChI=1S/C20H21N5O5/c21-12-5-6-13(23-18(12)22)20(29)25-7-14(15(27)8-25)24-19(28)17-11(9-26)10-3-1-2-4-16(10)30-17/h1-6,14-15,26-27H,7-9,21H2,(H2,22,23)(H,24,28)/t14-,15-/m1/s1. The second kappa shape index (κ2) is 7.65. The Morgan fingerprint density at radius 3 is 2.70 bits per heavy atom. The SMILES string of the molecule is Nc1ccc(C(=O)N2C[C@@H](O)[C@H](NC(=O)c3oc4ccccc4c3CO)C2)nc1N. The van der Waals surface area contributed by atoms with Gasteiger partial charge in [-0.25, -0.2) is 4.98 Å². The van der Waals surface area contributed by atoms with Gasteiger partial charge in [-0.05, 0) is 18.2 Å². The van der Waals surface area contributed by atoms with Crippen LogP contribution in [-0.4, -0.2) is 57.1 Å². The molecule has 0 saturated carbocycles. The minimum absolute atomic E-state index is 0.0166. The van der Waals surface area contributed by atoms with Gasteiger partial charge in [0.25, 0.3) is 11.8 Å². The Bertz CT molecular complexity index is 1130. The summed E-state index contributed by atoms with van der Waals surface area (Å²) in [6.07, 6.45) is -0.981. The van der Waals surface area contributed by atoms with Crippen molar-refractivity contribution in [2.24, 2.45) is 0 Å². The Kier molecular flexibility index (Phi) is 5.02. The highest BCUT2D eigenvalue weighted by Gasteiger charge is 2.37. The molecule has 1 aliphatic heterocycles. The number of nitrogens with two attached hydrogens (primary N) is 2. The molecule has 4 rings (SSSR count). The molecule has 3 aromatic rings. The highest BCUT2D eigenvalue weighted by Crippen LogP contribution is 2.26. The molecule has 2 aromatic heterocycles. The van der Waals surface area contributed by atoms with Crippen molar-refractivity contribution in [3.8, 4) is 0 Å². The number of carbonyl (C=O) groups is 2. The number of nitrogens with one attached hydrogen (secondary N) is 1. The van der Waals surface area contributed by atoms with Crippen LogP contribution in [0.3, 0.4) is 0 Å². The lowest BCUT2D eigenvalue weighted by Crippen LogP contribution is -2.43. The molecule has 1 aliphatic rings. The van der Waals surface area contributed by atoms with Crippen LogP contribution in [0.25, 0.3) is 11.0 Å². The average Bonchev–Trinajstić information content (AvgIpc) is 3.29. The molecule has 30 heavy (non-hydrogen) atoms. The first-order valence-corrected chi connectivity index (χ1v) is 9.30. The number of aromatic nitrogens is 1. The minimum Gasteiger partial charge on any atom is -0.451 e. The van der Waals surface area contributed by atoms with Crippen LogP contribution in [0.2, 0.25) is 0 Å². The van der Waals surface area contributed by atoms with Crippen LogP contribution in [0.4, 0.5) is 11.5 Å². The van der Waals surface area contributed by atoms with Gasteiger partial charge in [-0.3, -0.25) is 9.59 Å². The Morgan fingerprint density at radius 1 is 1.20 bits per heavy atom. The van der Waals surface area contributed by atoms with Crippen molar-refractivity contribution in [2.45, 2.75) is 18.8 Å². The van der Waals surface area contributed by atoms with Crippen LogP contribution >= 0.6 is 0 Å². The highest BCUT2D eigenvalue weighted by molar-refractivity contribution is 5.99. The molecule has 2 atom stereocenters. The minimum atomic E-state index is -0.981. The molecule has 1 saturated heterocycles. The van der Waals surface area contributed by atoms with Gasteiger partial charge < -0.3 is 36.3 Å². The number of nitrogens with zero attached hydrogens (tertiary/aromatic N) is 2. The number of furan rings is 1. The van der Waals surface area contributed by atoms with E-state index in [9.17, 15) is 19.8 Å². The zero-order valence-electron chi connectivity index (χ0n) is 15.9. The Labute approximate surface area is 171 Å². The zero-order chi connectivity index (χ0) is 21.4. The average molecular weight is 411 g/mol. The number of anilines is 2. The van der Waals surface area contributed by atoms with Crippen molar-refractivity contribution in [1.82, 2.24) is 15.2 Å². The maximum Gasteiger partial charge on any atom is 0.287 e. The number of hydrogen-bond donors (Lipinski definition) is 5. The second-order valence-corrected chi connectivity index (χ2v) is 7.09. The fraction of sp³-hybridized carbons (Fsp3) is 0.250. The highest BCUT2D eigenvalue weighted by atomic mass is 16.3. The summed E-state index contributed by atoms with van der Waals surface area (Å²) >= 11 is 0. The Balaban J connectivity index is 1.50. The van der Waals surface area contributed by atoms with Gasteiger partial charge in [-0.1, -0.05) is 18.2 Å². The smallest absolute Gasteiger partial charge is 0.287 e. The number of nitrogen functional groups attached to an aromatic ring is 2. The lowest BCUT2D eigenvalue weighted by atomic mass is 10.1. The van der Waals surface area contributed by atoms with E-state index in [0.29, 0.717) is 16.5 Å². The molecule has 0 unspecified atom stereocenters. The van der Waals surface area contributed by atoms with E-state index in [2.05, 4.69) is 10.3 Å². The summed E-state index contributed by atoms with van der Waals surface area (Å²) in [5.41, 5.74) is 12.5. The molecule has 0 radical (unpaired) electrons. The molecule has 10 nitrogen and oxygen atoms in total. The first-order chi connectivity index (χ1) is 14.4. The fourth-order valence-corrected chi connectivity index (χ4v) is 3.53. The van der Waals surface area contributed by atoms with Crippen LogP contribution in [0.1, 0.15) is 26.6 Å². The second-order valence-electron chi connectivity index (χ2n) is 7.09. The number of amides is 2. The number of likely N-dealkylation sites (tertiary alicyclic amines) is 1. The number of hydrogen-bond acceptors (Lipinski definition) is 8. The van der Waals surface area contributed by atoms with E-state index in [1.807, 2.05) is 0 Å². The van der Waals surface area contributed by atoms with E-state index in [4.69, 9.17) is 15.9 Å². The van der Waals surface area contributed by atoms with Gasteiger partial charge in [0.05, 0.1) is 24.4 Å². The summed E-state index contributed by atoms with van der Waals surface area (Å²) in [5, 5.41) is 23.4. The maximum absolute atomic E-state index is 12.8. The maximum atomic E-state index is 12.8. The van der Waals surface area contributed by atoms with Gasteiger partial charge in [0.2, 0.25) is 0 Å². The molecular weight excluding hydrogens is 390 g/mol. The summed E-state index contributed by atoms with van der Waals surface area (Å²) in [6.45, 7) is -0.281. The van der Waals surface area contributed by atoms with Crippen molar-refractivity contribution in [3.63, 3.8) is 0 Å². The lowest BCUT2D eigenvalue weighted by Gasteiger charge is -2.16. The summed E-state index contributed by atoms with van der Waals surface area (Å²) in [7, 11) is 0. The number of rotatable bonds is 4. The third kappa shape index (κ3) is 3.42. The van der Waals surface area contributed by atoms with E-state index in [-0.39, 0.29) is 42.7 Å². The van der Waals surface area contributed by atoms with Crippen LogP contribution in [0, 0.1) is 0 Å². The number of aliphatic hydroxyl groups is 2. The molecule has 2 amide bonds. The molecule has 0 spiro atoms. The largest absolute Gasteiger partial charge is 0.451 e. The van der Waals surface area contributed by atoms with Crippen molar-refractivity contribution in [2.75, 3.05) is 24.6 Å². The third-order valence-electron chi connectivity index (χ3n) is 5.13. The van der Waals surface area contributed by atoms with E-state index in [0.717, 1.165) is 0 Å². The molecule has 0 aliphatic carbocycles. The summed E-state index contributed by atoms with van der Waals surface area (Å²) in [5.74, 6) is -0.990. The number of carbonyl (C=O) groups excluding carboxylic acids is 2. The number of pyridine rings is 1. The van der Waals surface area contributed by atoms with Crippen LogP contribution in [0.5, 0.6) is 0 Å². The van der Waals surface area contributed by atoms with E-state index < -0.39 is 24.0 Å². The Morgan fingerprint density at radius 2 is 1.97 bits per heavy atom. The number of para-hydroxylation sites is 1. The molecule has 7 N–H and O–H groups in total.